The molecule has 0 radical (unpaired) electrons. The van der Waals surface area contributed by atoms with E-state index in [0.29, 0.717) is 19.4 Å². The van der Waals surface area contributed by atoms with Crippen LogP contribution < -0.4 is 0 Å². The third kappa shape index (κ3) is 3.90. The third-order valence-corrected chi connectivity index (χ3v) is 3.64. The van der Waals surface area contributed by atoms with Crippen LogP contribution >= 0.6 is 0 Å². The minimum atomic E-state index is -1.08. The number of rotatable bonds is 7. The van der Waals surface area contributed by atoms with Crippen molar-refractivity contribution in [3.63, 3.8) is 0 Å². The molecule has 4 heteroatoms. The lowest BCUT2D eigenvalue weighted by Crippen LogP contribution is -2.42. The Morgan fingerprint density at radius 3 is 2.78 bits per heavy atom. The maximum Gasteiger partial charge on any atom is 0.202 e. The fourth-order valence-corrected chi connectivity index (χ4v) is 2.15. The van der Waals surface area contributed by atoms with E-state index in [-0.39, 0.29) is 11.7 Å². The van der Waals surface area contributed by atoms with Crippen LogP contribution in [0, 0.1) is 5.92 Å². The van der Waals surface area contributed by atoms with Gasteiger partial charge in [-0.15, -0.1) is 0 Å². The molecule has 0 aliphatic heterocycles. The second-order valence-electron chi connectivity index (χ2n) is 5.11. The molecule has 0 heterocycles. The highest BCUT2D eigenvalue weighted by Gasteiger charge is 2.39. The lowest BCUT2D eigenvalue weighted by molar-refractivity contribution is -0.413. The molecule has 18 heavy (non-hydrogen) atoms. The van der Waals surface area contributed by atoms with Gasteiger partial charge in [-0.3, -0.25) is 4.79 Å². The second kappa shape index (κ2) is 7.02. The first-order valence-corrected chi connectivity index (χ1v) is 6.70. The first-order chi connectivity index (χ1) is 8.53. The molecule has 0 aromatic heterocycles. The monoisotopic (exact) mass is 256 g/mol. The van der Waals surface area contributed by atoms with Crippen molar-refractivity contribution in [2.45, 2.75) is 58.7 Å². The summed E-state index contributed by atoms with van der Waals surface area (Å²) in [5, 5.41) is 9.09. The molecule has 0 amide bonds. The molecule has 104 valence electrons. The number of hydrogen-bond donors (Lipinski definition) is 1. The van der Waals surface area contributed by atoms with Crippen LogP contribution in [-0.2, 0) is 14.4 Å². The summed E-state index contributed by atoms with van der Waals surface area (Å²) in [6, 6.07) is 0. The Kier molecular flexibility index (Phi) is 5.99. The molecule has 1 aliphatic rings. The van der Waals surface area contributed by atoms with Crippen LogP contribution in [0.4, 0.5) is 0 Å². The van der Waals surface area contributed by atoms with E-state index in [4.69, 9.17) is 9.99 Å². The Balaban J connectivity index is 2.56. The number of carbonyl (C=O) groups excluding carboxylic acids is 1. The second-order valence-corrected chi connectivity index (χ2v) is 5.11. The van der Waals surface area contributed by atoms with Gasteiger partial charge < -0.3 is 4.74 Å². The van der Waals surface area contributed by atoms with Crippen LogP contribution in [0.25, 0.3) is 0 Å². The number of hydrogen-bond acceptors (Lipinski definition) is 4. The van der Waals surface area contributed by atoms with Crippen molar-refractivity contribution >= 4 is 5.78 Å². The van der Waals surface area contributed by atoms with Crippen LogP contribution in [0.5, 0.6) is 0 Å². The first kappa shape index (κ1) is 15.3. The quantitative estimate of drug-likeness (QED) is 0.328. The van der Waals surface area contributed by atoms with Crippen LogP contribution in [0.2, 0.25) is 0 Å². The molecular weight excluding hydrogens is 232 g/mol. The van der Waals surface area contributed by atoms with Gasteiger partial charge >= 0.3 is 0 Å². The number of carbonyl (C=O) groups is 1. The minimum Gasteiger partial charge on any atom is -0.347 e. The van der Waals surface area contributed by atoms with Gasteiger partial charge in [0.1, 0.15) is 0 Å². The van der Waals surface area contributed by atoms with Crippen molar-refractivity contribution in [1.29, 1.82) is 0 Å². The van der Waals surface area contributed by atoms with Crippen molar-refractivity contribution in [3.05, 3.63) is 11.6 Å². The normalized spacial score (nSPS) is 23.7. The van der Waals surface area contributed by atoms with Crippen molar-refractivity contribution in [2.24, 2.45) is 5.92 Å². The summed E-state index contributed by atoms with van der Waals surface area (Å²) in [6.07, 6.45) is 6.09. The van der Waals surface area contributed by atoms with E-state index in [1.54, 1.807) is 6.92 Å². The summed E-state index contributed by atoms with van der Waals surface area (Å²) in [4.78, 5) is 16.2. The maximum absolute atomic E-state index is 11.7. The molecule has 1 unspecified atom stereocenters. The number of Topliss-reactive ketones (excluding diaryl/α,β-unsaturated/α-hetero) is 1. The van der Waals surface area contributed by atoms with Gasteiger partial charge in [-0.2, -0.15) is 0 Å². The van der Waals surface area contributed by atoms with Crippen molar-refractivity contribution in [3.8, 4) is 0 Å². The zero-order valence-electron chi connectivity index (χ0n) is 11.6. The van der Waals surface area contributed by atoms with E-state index in [1.165, 1.54) is 0 Å². The molecule has 0 spiro atoms. The summed E-state index contributed by atoms with van der Waals surface area (Å²) >= 11 is 0. The molecule has 0 bridgehead atoms. The molecular formula is C14H24O4. The maximum atomic E-state index is 11.7. The van der Waals surface area contributed by atoms with Gasteiger partial charge in [-0.05, 0) is 32.3 Å². The molecule has 2 atom stereocenters. The molecule has 0 aromatic rings. The van der Waals surface area contributed by atoms with Gasteiger partial charge in [0.25, 0.3) is 0 Å². The number of ether oxygens (including phenoxy) is 1. The Morgan fingerprint density at radius 1 is 1.50 bits per heavy atom. The summed E-state index contributed by atoms with van der Waals surface area (Å²) in [5.74, 6) is -1.10. The van der Waals surface area contributed by atoms with Crippen molar-refractivity contribution in [1.82, 2.24) is 0 Å². The molecule has 0 fully saturated rings. The Hall–Kier alpha value is -0.710. The van der Waals surface area contributed by atoms with Crippen LogP contribution in [0.15, 0.2) is 11.6 Å². The smallest absolute Gasteiger partial charge is 0.202 e. The Labute approximate surface area is 109 Å². The summed E-state index contributed by atoms with van der Waals surface area (Å²) in [6.45, 7) is 6.18. The zero-order valence-corrected chi connectivity index (χ0v) is 11.6. The summed E-state index contributed by atoms with van der Waals surface area (Å²) in [7, 11) is 0. The van der Waals surface area contributed by atoms with E-state index >= 15 is 0 Å². The first-order valence-electron chi connectivity index (χ1n) is 6.70. The average Bonchev–Trinajstić information content (AvgIpc) is 2.37. The predicted octanol–water partition coefficient (Wildman–Crippen LogP) is 3.32. The van der Waals surface area contributed by atoms with E-state index in [2.05, 4.69) is 11.8 Å². The van der Waals surface area contributed by atoms with Gasteiger partial charge in [-0.25, -0.2) is 10.1 Å². The lowest BCUT2D eigenvalue weighted by Gasteiger charge is -2.35. The molecule has 0 aromatic carbocycles. The van der Waals surface area contributed by atoms with Gasteiger partial charge in [-0.1, -0.05) is 25.8 Å². The number of allylic oxidation sites excluding steroid dienone is 2. The molecule has 0 saturated carbocycles. The Bertz CT molecular complexity index is 311. The highest BCUT2D eigenvalue weighted by molar-refractivity contribution is 5.95. The summed E-state index contributed by atoms with van der Waals surface area (Å²) in [5.41, 5.74) is 0.789. The third-order valence-electron chi connectivity index (χ3n) is 3.64. The highest BCUT2D eigenvalue weighted by Crippen LogP contribution is 2.33. The number of ketones is 1. The highest BCUT2D eigenvalue weighted by atomic mass is 17.1. The standard InChI is InChI=1S/C14H24O4/c1-4-5-6-9-17-14(3,18-16)12-8-7-11(2)13(15)10-12/h7,12,16H,4-6,8-10H2,1-3H3/t12-,14?/m1/s1. The van der Waals surface area contributed by atoms with Crippen LogP contribution in [-0.4, -0.2) is 23.4 Å². The fourth-order valence-electron chi connectivity index (χ4n) is 2.15. The van der Waals surface area contributed by atoms with Gasteiger partial charge in [0.15, 0.2) is 5.78 Å². The number of unbranched alkanes of at least 4 members (excludes halogenated alkanes) is 2. The van der Waals surface area contributed by atoms with E-state index < -0.39 is 5.79 Å². The zero-order chi connectivity index (χ0) is 13.6. The van der Waals surface area contributed by atoms with E-state index in [0.717, 1.165) is 24.8 Å². The largest absolute Gasteiger partial charge is 0.347 e. The minimum absolute atomic E-state index is 0.103. The van der Waals surface area contributed by atoms with Gasteiger partial charge in [0.2, 0.25) is 5.79 Å². The van der Waals surface area contributed by atoms with Crippen LogP contribution in [0.1, 0.15) is 52.9 Å². The SMILES string of the molecule is CCCCCOC(C)(OO)[C@@H]1CC=C(C)C(=O)C1. The fraction of sp³-hybridized carbons (Fsp3) is 0.786. The van der Waals surface area contributed by atoms with Crippen molar-refractivity contribution < 1.29 is 19.7 Å². The average molecular weight is 256 g/mol. The lowest BCUT2D eigenvalue weighted by atomic mass is 9.84. The Morgan fingerprint density at radius 2 is 2.22 bits per heavy atom. The molecule has 1 rings (SSSR count). The van der Waals surface area contributed by atoms with Gasteiger partial charge in [0, 0.05) is 12.3 Å². The van der Waals surface area contributed by atoms with Crippen LogP contribution in [0.3, 0.4) is 0 Å². The molecule has 1 N–H and O–H groups in total. The summed E-state index contributed by atoms with van der Waals surface area (Å²) < 4.78 is 5.65. The topological polar surface area (TPSA) is 55.8 Å². The van der Waals surface area contributed by atoms with E-state index in [9.17, 15) is 4.79 Å². The molecule has 4 nitrogen and oxygen atoms in total. The van der Waals surface area contributed by atoms with Crippen molar-refractivity contribution in [2.75, 3.05) is 6.61 Å². The predicted molar refractivity (Wildman–Crippen MR) is 69.1 cm³/mol. The molecule has 1 aliphatic carbocycles. The van der Waals surface area contributed by atoms with Gasteiger partial charge in [0.05, 0.1) is 6.61 Å². The molecule has 0 saturated heterocycles. The van der Waals surface area contributed by atoms with E-state index in [1.807, 2.05) is 13.0 Å².